The SMILES string of the molecule is COc1nc(-n2cc(S(N)(=O)=O)c3ccc(F)c(-c4cnccn4)c32)nc(OC)c1OC(F)F. The predicted octanol–water partition coefficient (Wildman–Crippen LogP) is 2.28. The molecule has 0 atom stereocenters. The molecule has 0 aliphatic heterocycles. The van der Waals surface area contributed by atoms with E-state index in [-0.39, 0.29) is 33.0 Å². The van der Waals surface area contributed by atoms with Gasteiger partial charge in [0, 0.05) is 24.0 Å². The zero-order valence-electron chi connectivity index (χ0n) is 17.4. The Balaban J connectivity index is 2.12. The van der Waals surface area contributed by atoms with E-state index in [1.807, 2.05) is 0 Å². The molecule has 11 nitrogen and oxygen atoms in total. The van der Waals surface area contributed by atoms with Crippen LogP contribution in [-0.2, 0) is 10.0 Å². The number of hydrogen-bond acceptors (Lipinski definition) is 9. The summed E-state index contributed by atoms with van der Waals surface area (Å²) in [7, 11) is -2.03. The first kappa shape index (κ1) is 23.2. The van der Waals surface area contributed by atoms with Gasteiger partial charge in [0.25, 0.3) is 11.8 Å². The zero-order chi connectivity index (χ0) is 24.6. The molecule has 1 aromatic carbocycles. The molecule has 0 bridgehead atoms. The normalized spacial score (nSPS) is 11.7. The topological polar surface area (TPSA) is 144 Å². The van der Waals surface area contributed by atoms with Gasteiger partial charge in [0.2, 0.25) is 21.7 Å². The summed E-state index contributed by atoms with van der Waals surface area (Å²) >= 11 is 0. The van der Waals surface area contributed by atoms with E-state index in [9.17, 15) is 17.2 Å². The van der Waals surface area contributed by atoms with Crippen LogP contribution in [0.5, 0.6) is 17.5 Å². The van der Waals surface area contributed by atoms with E-state index < -0.39 is 40.0 Å². The van der Waals surface area contributed by atoms with E-state index in [0.717, 1.165) is 31.0 Å². The number of primary sulfonamides is 1. The van der Waals surface area contributed by atoms with Gasteiger partial charge in [-0.2, -0.15) is 18.7 Å². The maximum absolute atomic E-state index is 15.0. The van der Waals surface area contributed by atoms with Crippen molar-refractivity contribution < 1.29 is 35.8 Å². The third-order valence-corrected chi connectivity index (χ3v) is 5.54. The first-order valence-corrected chi connectivity index (χ1v) is 10.8. The van der Waals surface area contributed by atoms with Crippen molar-refractivity contribution in [3.63, 3.8) is 0 Å². The van der Waals surface area contributed by atoms with Crippen molar-refractivity contribution >= 4 is 20.9 Å². The van der Waals surface area contributed by atoms with Crippen LogP contribution in [0.25, 0.3) is 28.1 Å². The summed E-state index contributed by atoms with van der Waals surface area (Å²) in [5, 5.41) is 5.40. The minimum atomic E-state index is -4.31. The Morgan fingerprint density at radius 2 is 1.76 bits per heavy atom. The third-order valence-electron chi connectivity index (χ3n) is 4.61. The first-order chi connectivity index (χ1) is 16.2. The molecule has 34 heavy (non-hydrogen) atoms. The molecule has 0 amide bonds. The van der Waals surface area contributed by atoms with Crippen molar-refractivity contribution in [1.82, 2.24) is 24.5 Å². The van der Waals surface area contributed by atoms with E-state index in [1.165, 1.54) is 24.7 Å². The number of benzene rings is 1. The summed E-state index contributed by atoms with van der Waals surface area (Å²) in [6.07, 6.45) is 5.02. The van der Waals surface area contributed by atoms with Gasteiger partial charge in [0.05, 0.1) is 37.2 Å². The summed E-state index contributed by atoms with van der Waals surface area (Å²) in [4.78, 5) is 15.7. The molecule has 0 spiro atoms. The Kier molecular flexibility index (Phi) is 5.97. The molecule has 0 aliphatic rings. The van der Waals surface area contributed by atoms with Crippen molar-refractivity contribution in [3.05, 3.63) is 42.7 Å². The van der Waals surface area contributed by atoms with Gasteiger partial charge in [-0.3, -0.25) is 14.5 Å². The molecule has 2 N–H and O–H groups in total. The van der Waals surface area contributed by atoms with Gasteiger partial charge < -0.3 is 14.2 Å². The van der Waals surface area contributed by atoms with Crippen LogP contribution in [0.3, 0.4) is 0 Å². The van der Waals surface area contributed by atoms with E-state index in [1.54, 1.807) is 0 Å². The van der Waals surface area contributed by atoms with Crippen LogP contribution >= 0.6 is 0 Å². The smallest absolute Gasteiger partial charge is 0.387 e. The Morgan fingerprint density at radius 3 is 2.29 bits per heavy atom. The van der Waals surface area contributed by atoms with Crippen molar-refractivity contribution in [2.24, 2.45) is 5.14 Å². The van der Waals surface area contributed by atoms with Crippen LogP contribution in [0.4, 0.5) is 13.2 Å². The van der Waals surface area contributed by atoms with Crippen molar-refractivity contribution in [2.75, 3.05) is 14.2 Å². The van der Waals surface area contributed by atoms with Crippen LogP contribution in [0.15, 0.2) is 41.8 Å². The van der Waals surface area contributed by atoms with Crippen LogP contribution in [0, 0.1) is 5.82 Å². The predicted molar refractivity (Wildman–Crippen MR) is 111 cm³/mol. The number of ether oxygens (including phenoxy) is 3. The summed E-state index contributed by atoms with van der Waals surface area (Å²) in [5.74, 6) is -2.56. The Bertz CT molecular complexity index is 1460. The number of nitrogens with zero attached hydrogens (tertiary/aromatic N) is 5. The fourth-order valence-electron chi connectivity index (χ4n) is 3.30. The number of aromatic nitrogens is 5. The fraction of sp³-hybridized carbons (Fsp3) is 0.158. The second kappa shape index (κ2) is 8.75. The quantitative estimate of drug-likeness (QED) is 0.407. The standard InChI is InChI=1S/C19H15F3N6O5S/c1-31-16-15(33-18(21)22)17(32-2)27-19(26-16)28-8-12(34(23,29)30)9-3-4-10(20)13(14(9)28)11-7-24-5-6-25-11/h3-8,18H,1-2H3,(H2,23,29,30). The molecule has 0 unspecified atom stereocenters. The van der Waals surface area contributed by atoms with Crippen molar-refractivity contribution in [1.29, 1.82) is 0 Å². The van der Waals surface area contributed by atoms with Crippen LogP contribution in [0.1, 0.15) is 0 Å². The highest BCUT2D eigenvalue weighted by molar-refractivity contribution is 7.89. The lowest BCUT2D eigenvalue weighted by Gasteiger charge is -2.15. The number of methoxy groups -OCH3 is 2. The average Bonchev–Trinajstić information content (AvgIpc) is 3.19. The Hall–Kier alpha value is -3.98. The lowest BCUT2D eigenvalue weighted by atomic mass is 10.1. The maximum atomic E-state index is 15.0. The van der Waals surface area contributed by atoms with Gasteiger partial charge in [0.15, 0.2) is 0 Å². The van der Waals surface area contributed by atoms with Crippen LogP contribution < -0.4 is 19.3 Å². The highest BCUT2D eigenvalue weighted by Gasteiger charge is 2.27. The maximum Gasteiger partial charge on any atom is 0.387 e. The monoisotopic (exact) mass is 496 g/mol. The second-order valence-electron chi connectivity index (χ2n) is 6.57. The van der Waals surface area contributed by atoms with Crippen LogP contribution in [0.2, 0.25) is 0 Å². The summed E-state index contributed by atoms with van der Waals surface area (Å²) in [6, 6.07) is 2.26. The molecular formula is C19H15F3N6O5S. The van der Waals surface area contributed by atoms with Crippen molar-refractivity contribution in [3.8, 4) is 34.7 Å². The molecule has 0 fully saturated rings. The molecule has 3 aromatic heterocycles. The Labute approximate surface area is 190 Å². The van der Waals surface area contributed by atoms with Gasteiger partial charge in [-0.1, -0.05) is 0 Å². The minimum Gasteiger partial charge on any atom is -0.478 e. The number of halogens is 3. The van der Waals surface area contributed by atoms with Gasteiger partial charge in [0.1, 0.15) is 10.7 Å². The van der Waals surface area contributed by atoms with E-state index in [4.69, 9.17) is 14.6 Å². The highest BCUT2D eigenvalue weighted by atomic mass is 32.2. The van der Waals surface area contributed by atoms with E-state index in [2.05, 4.69) is 24.7 Å². The van der Waals surface area contributed by atoms with Crippen molar-refractivity contribution in [2.45, 2.75) is 11.5 Å². The summed E-state index contributed by atoms with van der Waals surface area (Å²) < 4.78 is 81.0. The molecule has 0 aliphatic carbocycles. The third kappa shape index (κ3) is 4.06. The number of sulfonamides is 1. The van der Waals surface area contributed by atoms with Gasteiger partial charge in [-0.05, 0) is 12.1 Å². The van der Waals surface area contributed by atoms with Gasteiger partial charge >= 0.3 is 6.61 Å². The second-order valence-corrected chi connectivity index (χ2v) is 8.10. The van der Waals surface area contributed by atoms with Gasteiger partial charge in [-0.25, -0.2) is 17.9 Å². The lowest BCUT2D eigenvalue weighted by Crippen LogP contribution is -2.12. The number of rotatable bonds is 7. The zero-order valence-corrected chi connectivity index (χ0v) is 18.3. The number of nitrogens with two attached hydrogens (primary N) is 1. The van der Waals surface area contributed by atoms with Gasteiger partial charge in [-0.15, -0.1) is 0 Å². The molecule has 4 rings (SSSR count). The lowest BCUT2D eigenvalue weighted by molar-refractivity contribution is -0.0534. The molecule has 4 aromatic rings. The average molecular weight is 496 g/mol. The van der Waals surface area contributed by atoms with Crippen LogP contribution in [-0.4, -0.2) is 53.8 Å². The molecule has 0 saturated carbocycles. The fourth-order valence-corrected chi connectivity index (χ4v) is 4.02. The molecule has 178 valence electrons. The highest BCUT2D eigenvalue weighted by Crippen LogP contribution is 2.39. The minimum absolute atomic E-state index is 0.0268. The molecule has 15 heteroatoms. The van der Waals surface area contributed by atoms with E-state index >= 15 is 4.39 Å². The first-order valence-electron chi connectivity index (χ1n) is 9.23. The van der Waals surface area contributed by atoms with E-state index in [0.29, 0.717) is 0 Å². The molecule has 0 radical (unpaired) electrons. The number of hydrogen-bond donors (Lipinski definition) is 1. The molecular weight excluding hydrogens is 481 g/mol. The molecule has 0 saturated heterocycles. The largest absolute Gasteiger partial charge is 0.478 e. The number of alkyl halides is 2. The summed E-state index contributed by atoms with van der Waals surface area (Å²) in [6.45, 7) is -3.24. The Morgan fingerprint density at radius 1 is 1.09 bits per heavy atom. The molecule has 3 heterocycles. The number of fused-ring (bicyclic) bond motifs is 1. The summed E-state index contributed by atoms with van der Waals surface area (Å²) in [5.41, 5.74) is -0.0893.